The summed E-state index contributed by atoms with van der Waals surface area (Å²) in [6, 6.07) is 13.0. The number of hydrogen-bond donors (Lipinski definition) is 3. The van der Waals surface area contributed by atoms with Crippen LogP contribution in [-0.4, -0.2) is 49.9 Å². The lowest BCUT2D eigenvalue weighted by molar-refractivity contribution is -0.138. The third kappa shape index (κ3) is 3.63. The maximum absolute atomic E-state index is 13.8. The molecule has 1 aliphatic heterocycles. The molecular formula is C25H21FN6O3. The van der Waals surface area contributed by atoms with Crippen LogP contribution in [0.5, 0.6) is 0 Å². The SMILES string of the molecule is Cc1nc(N2C[C@@H](Nc3[nH]ncc3-c3ccccc3)CC2C(=O)O)c2oc3cc(F)ccc3c2n1. The van der Waals surface area contributed by atoms with Crippen LogP contribution in [0, 0.1) is 12.7 Å². The monoisotopic (exact) mass is 472 g/mol. The fraction of sp³-hybridized carbons (Fsp3) is 0.200. The smallest absolute Gasteiger partial charge is 0.326 e. The molecule has 176 valence electrons. The number of carboxylic acid groups (broad SMARTS) is 1. The van der Waals surface area contributed by atoms with Gasteiger partial charge in [0.25, 0.3) is 0 Å². The summed E-state index contributed by atoms with van der Waals surface area (Å²) in [7, 11) is 0. The first-order valence-corrected chi connectivity index (χ1v) is 11.2. The van der Waals surface area contributed by atoms with Crippen LogP contribution in [0.4, 0.5) is 16.0 Å². The van der Waals surface area contributed by atoms with Gasteiger partial charge in [-0.25, -0.2) is 19.2 Å². The number of furan rings is 1. The number of fused-ring (bicyclic) bond motifs is 3. The molecule has 1 aliphatic rings. The van der Waals surface area contributed by atoms with Crippen molar-refractivity contribution >= 4 is 39.7 Å². The van der Waals surface area contributed by atoms with Crippen molar-refractivity contribution in [1.29, 1.82) is 0 Å². The standard InChI is InChI=1S/C25H21FN6O3/c1-13-28-21-17-8-7-15(26)9-20(17)35-22(21)24(29-13)32-12-16(10-19(32)25(33)34)30-23-18(11-27-31-23)14-5-3-2-4-6-14/h2-9,11,16,19H,10,12H2,1H3,(H,33,34)(H2,27,30,31)/t16-,19?/m0/s1. The summed E-state index contributed by atoms with van der Waals surface area (Å²) in [5.41, 5.74) is 3.11. The van der Waals surface area contributed by atoms with E-state index in [2.05, 4.69) is 25.5 Å². The van der Waals surface area contributed by atoms with Crippen LogP contribution in [0.15, 0.2) is 59.1 Å². The van der Waals surface area contributed by atoms with E-state index in [0.717, 1.165) is 16.9 Å². The topological polar surface area (TPSA) is 120 Å². The van der Waals surface area contributed by atoms with Crippen LogP contribution in [-0.2, 0) is 4.79 Å². The van der Waals surface area contributed by atoms with Gasteiger partial charge in [0.15, 0.2) is 11.4 Å². The molecule has 5 aromatic rings. The van der Waals surface area contributed by atoms with E-state index in [4.69, 9.17) is 4.42 Å². The normalized spacial score (nSPS) is 17.9. The summed E-state index contributed by atoms with van der Waals surface area (Å²) in [6.45, 7) is 2.10. The fourth-order valence-electron chi connectivity index (χ4n) is 4.75. The van der Waals surface area contributed by atoms with Gasteiger partial charge in [0.2, 0.25) is 0 Å². The highest BCUT2D eigenvalue weighted by Crippen LogP contribution is 2.37. The zero-order chi connectivity index (χ0) is 24.1. The number of carboxylic acids is 1. The maximum Gasteiger partial charge on any atom is 0.326 e. The van der Waals surface area contributed by atoms with E-state index < -0.39 is 17.8 Å². The highest BCUT2D eigenvalue weighted by atomic mass is 19.1. The van der Waals surface area contributed by atoms with Gasteiger partial charge in [-0.3, -0.25) is 5.10 Å². The number of aliphatic carboxylic acids is 1. The number of nitrogens with one attached hydrogen (secondary N) is 2. The first kappa shape index (κ1) is 21.1. The molecule has 2 aromatic carbocycles. The second kappa shape index (κ2) is 8.08. The number of rotatable bonds is 5. The summed E-state index contributed by atoms with van der Waals surface area (Å²) in [6.07, 6.45) is 2.08. The fourth-order valence-corrected chi connectivity index (χ4v) is 4.75. The number of aromatic amines is 1. The van der Waals surface area contributed by atoms with Crippen LogP contribution in [0.3, 0.4) is 0 Å². The number of H-pyrrole nitrogens is 1. The van der Waals surface area contributed by atoms with E-state index in [-0.39, 0.29) is 6.04 Å². The van der Waals surface area contributed by atoms with Gasteiger partial charge >= 0.3 is 5.97 Å². The third-order valence-corrected chi connectivity index (χ3v) is 6.30. The number of hydrogen-bond acceptors (Lipinski definition) is 7. The molecule has 0 bridgehead atoms. The van der Waals surface area contributed by atoms with Crippen LogP contribution in [0.25, 0.3) is 33.2 Å². The molecule has 1 unspecified atom stereocenters. The summed E-state index contributed by atoms with van der Waals surface area (Å²) in [5.74, 6) is 0.184. The lowest BCUT2D eigenvalue weighted by atomic mass is 10.1. The molecule has 6 rings (SSSR count). The van der Waals surface area contributed by atoms with Crippen molar-refractivity contribution in [1.82, 2.24) is 20.2 Å². The Morgan fingerprint density at radius 3 is 2.86 bits per heavy atom. The number of benzene rings is 2. The van der Waals surface area contributed by atoms with Crippen molar-refractivity contribution in [2.75, 3.05) is 16.8 Å². The zero-order valence-electron chi connectivity index (χ0n) is 18.7. The minimum Gasteiger partial charge on any atom is -0.480 e. The van der Waals surface area contributed by atoms with E-state index in [9.17, 15) is 14.3 Å². The van der Waals surface area contributed by atoms with Crippen molar-refractivity contribution < 1.29 is 18.7 Å². The number of carbonyl (C=O) groups is 1. The van der Waals surface area contributed by atoms with E-state index in [1.54, 1.807) is 24.1 Å². The number of anilines is 2. The van der Waals surface area contributed by atoms with Crippen molar-refractivity contribution in [3.63, 3.8) is 0 Å². The average molecular weight is 472 g/mol. The summed E-state index contributed by atoms with van der Waals surface area (Å²) < 4.78 is 19.7. The molecule has 0 radical (unpaired) electrons. The van der Waals surface area contributed by atoms with Crippen molar-refractivity contribution in [2.45, 2.75) is 25.4 Å². The van der Waals surface area contributed by atoms with Gasteiger partial charge in [0, 0.05) is 36.0 Å². The molecule has 10 heteroatoms. The second-order valence-electron chi connectivity index (χ2n) is 8.62. The van der Waals surface area contributed by atoms with Crippen molar-refractivity contribution in [3.05, 3.63) is 66.4 Å². The largest absolute Gasteiger partial charge is 0.480 e. The molecule has 4 heterocycles. The molecule has 0 amide bonds. The summed E-state index contributed by atoms with van der Waals surface area (Å²) in [5, 5.41) is 21.3. The van der Waals surface area contributed by atoms with E-state index >= 15 is 0 Å². The molecule has 0 spiro atoms. The number of aryl methyl sites for hydroxylation is 1. The molecular weight excluding hydrogens is 451 g/mol. The lowest BCUT2D eigenvalue weighted by Gasteiger charge is -2.22. The summed E-state index contributed by atoms with van der Waals surface area (Å²) >= 11 is 0. The first-order valence-electron chi connectivity index (χ1n) is 11.2. The minimum absolute atomic E-state index is 0.203. The highest BCUT2D eigenvalue weighted by molar-refractivity contribution is 6.06. The van der Waals surface area contributed by atoms with E-state index in [1.165, 1.54) is 12.1 Å². The van der Waals surface area contributed by atoms with E-state index in [0.29, 0.717) is 46.7 Å². The van der Waals surface area contributed by atoms with Crippen molar-refractivity contribution in [3.8, 4) is 11.1 Å². The predicted molar refractivity (Wildman–Crippen MR) is 129 cm³/mol. The molecule has 0 saturated carbocycles. The molecule has 3 N–H and O–H groups in total. The highest BCUT2D eigenvalue weighted by Gasteiger charge is 2.40. The Balaban J connectivity index is 1.37. The number of halogens is 1. The van der Waals surface area contributed by atoms with E-state index in [1.807, 2.05) is 30.3 Å². The van der Waals surface area contributed by atoms with Gasteiger partial charge in [0.05, 0.1) is 6.20 Å². The Morgan fingerprint density at radius 1 is 1.23 bits per heavy atom. The Hall–Kier alpha value is -4.47. The number of nitrogens with zero attached hydrogens (tertiary/aromatic N) is 4. The van der Waals surface area contributed by atoms with Crippen LogP contribution in [0.1, 0.15) is 12.2 Å². The molecule has 35 heavy (non-hydrogen) atoms. The average Bonchev–Trinajstić information content (AvgIpc) is 3.56. The Morgan fingerprint density at radius 2 is 2.06 bits per heavy atom. The maximum atomic E-state index is 13.8. The zero-order valence-corrected chi connectivity index (χ0v) is 18.7. The van der Waals surface area contributed by atoms with Crippen LogP contribution in [0.2, 0.25) is 0 Å². The third-order valence-electron chi connectivity index (χ3n) is 6.30. The number of aromatic nitrogens is 4. The first-order chi connectivity index (χ1) is 17.0. The molecule has 1 saturated heterocycles. The van der Waals surface area contributed by atoms with Gasteiger partial charge in [-0.1, -0.05) is 30.3 Å². The molecule has 3 aromatic heterocycles. The van der Waals surface area contributed by atoms with Gasteiger partial charge in [-0.05, 0) is 24.6 Å². The van der Waals surface area contributed by atoms with Crippen molar-refractivity contribution in [2.24, 2.45) is 0 Å². The van der Waals surface area contributed by atoms with Gasteiger partial charge < -0.3 is 19.7 Å². The summed E-state index contributed by atoms with van der Waals surface area (Å²) in [4.78, 5) is 23.0. The Kier molecular flexibility index (Phi) is 4.87. The Bertz CT molecular complexity index is 1560. The van der Waals surface area contributed by atoms with Crippen LogP contribution >= 0.6 is 0 Å². The quantitative estimate of drug-likeness (QED) is 0.345. The lowest BCUT2D eigenvalue weighted by Crippen LogP contribution is -2.37. The molecule has 2 atom stereocenters. The van der Waals surface area contributed by atoms with Gasteiger partial charge in [-0.15, -0.1) is 0 Å². The minimum atomic E-state index is -0.964. The predicted octanol–water partition coefficient (Wildman–Crippen LogP) is 4.36. The van der Waals surface area contributed by atoms with Crippen LogP contribution < -0.4 is 10.2 Å². The second-order valence-corrected chi connectivity index (χ2v) is 8.62. The molecule has 9 nitrogen and oxygen atoms in total. The molecule has 0 aliphatic carbocycles. The Labute approximate surface area is 198 Å². The molecule has 1 fully saturated rings. The van der Waals surface area contributed by atoms with Gasteiger partial charge in [-0.2, -0.15) is 5.10 Å². The van der Waals surface area contributed by atoms with Gasteiger partial charge in [0.1, 0.15) is 34.6 Å².